The average molecular weight is 452 g/mol. The Balaban J connectivity index is 2.02. The average Bonchev–Trinajstić information content (AvgIpc) is 2.63. The minimum atomic E-state index is -0.565. The maximum atomic E-state index is 11.8. The topological polar surface area (TPSA) is 80.2 Å². The number of halogens is 4. The first-order valence-electron chi connectivity index (χ1n) is 7.57. The molecule has 0 heterocycles. The van der Waals surface area contributed by atoms with Crippen LogP contribution < -0.4 is 14.9 Å². The lowest BCUT2D eigenvalue weighted by molar-refractivity contribution is -0.123. The molecular weight excluding hydrogens is 438 g/mol. The van der Waals surface area contributed by atoms with Crippen molar-refractivity contribution in [1.82, 2.24) is 5.43 Å². The van der Waals surface area contributed by atoms with E-state index in [1.807, 2.05) is 0 Å². The number of ether oxygens (including phenoxy) is 2. The Kier molecular flexibility index (Phi) is 7.86. The number of hydrogen-bond acceptors (Lipinski definition) is 5. The molecule has 144 valence electrons. The number of phenols is 1. The second kappa shape index (κ2) is 9.90. The lowest BCUT2D eigenvalue weighted by Crippen LogP contribution is -2.24. The minimum absolute atomic E-state index is 0.0672. The number of rotatable bonds is 7. The molecule has 0 spiro atoms. The van der Waals surface area contributed by atoms with Crippen LogP contribution in [0.2, 0.25) is 20.1 Å². The zero-order valence-electron chi connectivity index (χ0n) is 13.9. The molecule has 27 heavy (non-hydrogen) atoms. The summed E-state index contributed by atoms with van der Waals surface area (Å²) in [5.41, 5.74) is 2.34. The van der Waals surface area contributed by atoms with E-state index < -0.39 is 5.91 Å². The second-order valence-electron chi connectivity index (χ2n) is 5.02. The smallest absolute Gasteiger partial charge is 0.277 e. The third-order valence-corrected chi connectivity index (χ3v) is 4.48. The van der Waals surface area contributed by atoms with E-state index in [1.165, 1.54) is 12.1 Å². The number of aromatic hydroxyl groups is 1. The van der Waals surface area contributed by atoms with E-state index in [0.29, 0.717) is 16.7 Å². The molecule has 2 N–H and O–H groups in total. The molecule has 0 aliphatic rings. The third kappa shape index (κ3) is 5.81. The number of amides is 1. The van der Waals surface area contributed by atoms with Gasteiger partial charge in [-0.2, -0.15) is 5.10 Å². The molecule has 2 aromatic carbocycles. The van der Waals surface area contributed by atoms with Crippen molar-refractivity contribution in [2.45, 2.75) is 6.92 Å². The van der Waals surface area contributed by atoms with E-state index in [9.17, 15) is 9.90 Å². The molecule has 0 saturated carbocycles. The number of hydrogen-bond donors (Lipinski definition) is 2. The summed E-state index contributed by atoms with van der Waals surface area (Å²) in [6.07, 6.45) is 1.15. The number of benzene rings is 2. The Bertz CT molecular complexity index is 874. The predicted molar refractivity (Wildman–Crippen MR) is 107 cm³/mol. The maximum absolute atomic E-state index is 11.8. The van der Waals surface area contributed by atoms with Crippen molar-refractivity contribution in [3.05, 3.63) is 49.9 Å². The highest BCUT2D eigenvalue weighted by molar-refractivity contribution is 6.44. The lowest BCUT2D eigenvalue weighted by atomic mass is 10.2. The van der Waals surface area contributed by atoms with Gasteiger partial charge in [-0.05, 0) is 19.1 Å². The summed E-state index contributed by atoms with van der Waals surface area (Å²) in [6.45, 7) is 1.72. The fourth-order valence-electron chi connectivity index (χ4n) is 1.93. The Hall–Kier alpha value is -1.86. The van der Waals surface area contributed by atoms with Crippen LogP contribution in [0, 0.1) is 0 Å². The van der Waals surface area contributed by atoms with Gasteiger partial charge in [0.15, 0.2) is 18.1 Å². The molecule has 2 rings (SSSR count). The molecule has 0 aromatic heterocycles. The van der Waals surface area contributed by atoms with Gasteiger partial charge in [-0.3, -0.25) is 4.79 Å². The van der Waals surface area contributed by atoms with Crippen LogP contribution >= 0.6 is 46.4 Å². The van der Waals surface area contributed by atoms with Gasteiger partial charge in [0.1, 0.15) is 5.75 Å². The molecule has 0 fully saturated rings. The van der Waals surface area contributed by atoms with Crippen LogP contribution in [0.4, 0.5) is 0 Å². The molecule has 0 atom stereocenters. The normalized spacial score (nSPS) is 10.9. The molecule has 0 aliphatic heterocycles. The van der Waals surface area contributed by atoms with Gasteiger partial charge in [0.2, 0.25) is 0 Å². The van der Waals surface area contributed by atoms with Crippen LogP contribution in [0.25, 0.3) is 0 Å². The van der Waals surface area contributed by atoms with Gasteiger partial charge in [-0.25, -0.2) is 5.43 Å². The highest BCUT2D eigenvalue weighted by Gasteiger charge is 2.15. The van der Waals surface area contributed by atoms with Crippen LogP contribution in [0.15, 0.2) is 29.4 Å². The van der Waals surface area contributed by atoms with Crippen LogP contribution in [0.1, 0.15) is 12.5 Å². The predicted octanol–water partition coefficient (Wildman–Crippen LogP) is 4.93. The fraction of sp³-hybridized carbons (Fsp3) is 0.176. The van der Waals surface area contributed by atoms with Crippen molar-refractivity contribution in [1.29, 1.82) is 0 Å². The SMILES string of the molecule is CCOc1cc(Cl)c(Cl)c(/C=N\NC(=O)COc2cc(Cl)ccc2Cl)c1O. The summed E-state index contributed by atoms with van der Waals surface area (Å²) in [5.74, 6) is -0.394. The van der Waals surface area contributed by atoms with Gasteiger partial charge in [-0.15, -0.1) is 0 Å². The van der Waals surface area contributed by atoms with E-state index >= 15 is 0 Å². The number of nitrogens with one attached hydrogen (secondary N) is 1. The maximum Gasteiger partial charge on any atom is 0.277 e. The van der Waals surface area contributed by atoms with Crippen molar-refractivity contribution in [2.24, 2.45) is 5.10 Å². The number of nitrogens with zero attached hydrogens (tertiary/aromatic N) is 1. The van der Waals surface area contributed by atoms with Gasteiger partial charge in [0, 0.05) is 17.2 Å². The van der Waals surface area contributed by atoms with Crippen molar-refractivity contribution in [2.75, 3.05) is 13.2 Å². The van der Waals surface area contributed by atoms with E-state index in [2.05, 4.69) is 10.5 Å². The summed E-state index contributed by atoms with van der Waals surface area (Å²) >= 11 is 23.8. The summed E-state index contributed by atoms with van der Waals surface area (Å²) in [5, 5.41) is 14.9. The summed E-state index contributed by atoms with van der Waals surface area (Å²) in [7, 11) is 0. The first-order valence-corrected chi connectivity index (χ1v) is 9.08. The van der Waals surface area contributed by atoms with Gasteiger partial charge in [0.05, 0.1) is 33.5 Å². The Morgan fingerprint density at radius 2 is 1.89 bits per heavy atom. The number of phenolic OH excluding ortho intramolecular Hbond substituents is 1. The van der Waals surface area contributed by atoms with Gasteiger partial charge in [0.25, 0.3) is 5.91 Å². The molecule has 10 heteroatoms. The molecular formula is C17H14Cl4N2O4. The summed E-state index contributed by atoms with van der Waals surface area (Å²) < 4.78 is 10.5. The zero-order chi connectivity index (χ0) is 20.0. The van der Waals surface area contributed by atoms with E-state index in [4.69, 9.17) is 55.9 Å². The first kappa shape index (κ1) is 21.4. The largest absolute Gasteiger partial charge is 0.504 e. The monoisotopic (exact) mass is 450 g/mol. The highest BCUT2D eigenvalue weighted by Crippen LogP contribution is 2.39. The van der Waals surface area contributed by atoms with Gasteiger partial charge in [-0.1, -0.05) is 46.4 Å². The Morgan fingerprint density at radius 3 is 2.59 bits per heavy atom. The minimum Gasteiger partial charge on any atom is -0.504 e. The number of hydrazone groups is 1. The van der Waals surface area contributed by atoms with Crippen LogP contribution in [-0.4, -0.2) is 30.4 Å². The van der Waals surface area contributed by atoms with Crippen molar-refractivity contribution in [3.63, 3.8) is 0 Å². The van der Waals surface area contributed by atoms with Crippen molar-refractivity contribution < 1.29 is 19.4 Å². The molecule has 2 aromatic rings. The molecule has 0 radical (unpaired) electrons. The van der Waals surface area contributed by atoms with Crippen LogP contribution in [-0.2, 0) is 4.79 Å². The van der Waals surface area contributed by atoms with Crippen molar-refractivity contribution in [3.8, 4) is 17.2 Å². The van der Waals surface area contributed by atoms with Crippen molar-refractivity contribution >= 4 is 58.5 Å². The second-order valence-corrected chi connectivity index (χ2v) is 6.65. The standard InChI is InChI=1S/C17H14Cl4N2O4/c1-2-26-14-6-12(20)16(21)10(17(14)25)7-22-23-15(24)8-27-13-5-9(18)3-4-11(13)19/h3-7,25H,2,8H2,1H3,(H,23,24)/b22-7-. The zero-order valence-corrected chi connectivity index (χ0v) is 17.0. The number of carbonyl (C=O) groups is 1. The van der Waals surface area contributed by atoms with E-state index in [0.717, 1.165) is 6.21 Å². The lowest BCUT2D eigenvalue weighted by Gasteiger charge is -2.11. The number of carbonyl (C=O) groups excluding carboxylic acids is 1. The molecule has 0 aliphatic carbocycles. The molecule has 0 unspecified atom stereocenters. The van der Waals surface area contributed by atoms with E-state index in [-0.39, 0.29) is 39.5 Å². The fourth-order valence-corrected chi connectivity index (χ4v) is 2.66. The molecule has 0 saturated heterocycles. The molecule has 0 bridgehead atoms. The van der Waals surface area contributed by atoms with Gasteiger partial charge >= 0.3 is 0 Å². The van der Waals surface area contributed by atoms with Crippen LogP contribution in [0.3, 0.4) is 0 Å². The molecule has 1 amide bonds. The Labute approximate surface area is 175 Å². The van der Waals surface area contributed by atoms with Crippen LogP contribution in [0.5, 0.6) is 17.2 Å². The highest BCUT2D eigenvalue weighted by atomic mass is 35.5. The van der Waals surface area contributed by atoms with E-state index in [1.54, 1.807) is 19.1 Å². The quantitative estimate of drug-likeness (QED) is 0.461. The third-order valence-electron chi connectivity index (χ3n) is 3.13. The first-order chi connectivity index (χ1) is 12.8. The summed E-state index contributed by atoms with van der Waals surface area (Å²) in [4.78, 5) is 11.8. The van der Waals surface area contributed by atoms with Gasteiger partial charge < -0.3 is 14.6 Å². The molecule has 6 nitrogen and oxygen atoms in total. The summed E-state index contributed by atoms with van der Waals surface area (Å²) in [6, 6.07) is 6.02. The Morgan fingerprint density at radius 1 is 1.15 bits per heavy atom.